The zero-order chi connectivity index (χ0) is 17.5. The lowest BCUT2D eigenvalue weighted by atomic mass is 9.76. The molecule has 1 atom stereocenters. The smallest absolute Gasteiger partial charge is 0.136 e. The monoisotopic (exact) mass is 329 g/mol. The first-order valence-corrected chi connectivity index (χ1v) is 8.71. The minimum atomic E-state index is -0.578. The number of carbonyl (C=O) groups is 1. The molecule has 0 bridgehead atoms. The average Bonchev–Trinajstić information content (AvgIpc) is 2.71. The highest BCUT2D eigenvalue weighted by Gasteiger charge is 2.37. The zero-order valence-electron chi connectivity index (χ0n) is 14.4. The fourth-order valence-corrected chi connectivity index (χ4v) is 3.32. The summed E-state index contributed by atoms with van der Waals surface area (Å²) < 4.78 is 0. The number of nitrogens with one attached hydrogen (secondary N) is 1. The lowest BCUT2D eigenvalue weighted by Gasteiger charge is -2.39. The molecule has 2 nitrogen and oxygen atoms in total. The Labute approximate surface area is 149 Å². The van der Waals surface area contributed by atoms with Gasteiger partial charge in [0.05, 0.1) is 11.6 Å². The van der Waals surface area contributed by atoms with Crippen molar-refractivity contribution in [3.8, 4) is 0 Å². The number of hydrogen-bond donors (Lipinski definition) is 1. The van der Waals surface area contributed by atoms with Gasteiger partial charge in [-0.25, -0.2) is 0 Å². The van der Waals surface area contributed by atoms with E-state index in [1.165, 1.54) is 0 Å². The van der Waals surface area contributed by atoms with Crippen molar-refractivity contribution in [2.45, 2.75) is 24.9 Å². The standard InChI is InChI=1S/C23H23NO/c1-2-22(18-25)24-23(19-12-6-3-7-13-19,20-14-8-4-9-15-20)21-16-10-5-11-17-21/h3-18,22,24H,2H2,1H3. The quantitative estimate of drug-likeness (QED) is 0.509. The van der Waals surface area contributed by atoms with Crippen LogP contribution in [-0.4, -0.2) is 12.3 Å². The summed E-state index contributed by atoms with van der Waals surface area (Å²) in [5, 5.41) is 3.65. The number of rotatable bonds is 7. The van der Waals surface area contributed by atoms with Crippen LogP contribution in [0.15, 0.2) is 91.0 Å². The lowest BCUT2D eigenvalue weighted by molar-refractivity contribution is -0.109. The molecule has 0 spiro atoms. The van der Waals surface area contributed by atoms with Crippen molar-refractivity contribution in [3.05, 3.63) is 108 Å². The summed E-state index contributed by atoms with van der Waals surface area (Å²) in [4.78, 5) is 11.6. The van der Waals surface area contributed by atoms with Crippen LogP contribution in [0, 0.1) is 0 Å². The Morgan fingerprint density at radius 1 is 0.760 bits per heavy atom. The van der Waals surface area contributed by atoms with Crippen molar-refractivity contribution in [1.82, 2.24) is 5.32 Å². The van der Waals surface area contributed by atoms with Crippen LogP contribution >= 0.6 is 0 Å². The van der Waals surface area contributed by atoms with Crippen molar-refractivity contribution in [1.29, 1.82) is 0 Å². The molecule has 1 unspecified atom stereocenters. The molecule has 0 aromatic heterocycles. The van der Waals surface area contributed by atoms with E-state index in [0.29, 0.717) is 0 Å². The SMILES string of the molecule is CCC(C=O)NC(c1ccccc1)(c1ccccc1)c1ccccc1. The van der Waals surface area contributed by atoms with Crippen LogP contribution in [0.3, 0.4) is 0 Å². The summed E-state index contributed by atoms with van der Waals surface area (Å²) in [6, 6.07) is 30.8. The molecule has 0 aliphatic carbocycles. The van der Waals surface area contributed by atoms with Gasteiger partial charge in [0.25, 0.3) is 0 Å². The molecule has 0 aliphatic heterocycles. The predicted octanol–water partition coefficient (Wildman–Crippen LogP) is 4.55. The molecule has 126 valence electrons. The maximum absolute atomic E-state index is 11.6. The van der Waals surface area contributed by atoms with Crippen LogP contribution in [0.2, 0.25) is 0 Å². The highest BCUT2D eigenvalue weighted by molar-refractivity contribution is 5.60. The van der Waals surface area contributed by atoms with E-state index >= 15 is 0 Å². The van der Waals surface area contributed by atoms with Crippen molar-refractivity contribution in [2.24, 2.45) is 0 Å². The van der Waals surface area contributed by atoms with Gasteiger partial charge in [-0.3, -0.25) is 5.32 Å². The van der Waals surface area contributed by atoms with Gasteiger partial charge in [0.15, 0.2) is 0 Å². The van der Waals surface area contributed by atoms with E-state index in [0.717, 1.165) is 29.4 Å². The Kier molecular flexibility index (Phi) is 5.42. The van der Waals surface area contributed by atoms with Crippen LogP contribution in [0.25, 0.3) is 0 Å². The molecular weight excluding hydrogens is 306 g/mol. The molecule has 0 aliphatic rings. The second-order valence-corrected chi connectivity index (χ2v) is 6.14. The summed E-state index contributed by atoms with van der Waals surface area (Å²) in [5.41, 5.74) is 2.78. The third-order valence-corrected chi connectivity index (χ3v) is 4.63. The first kappa shape index (κ1) is 17.1. The van der Waals surface area contributed by atoms with E-state index in [9.17, 15) is 4.79 Å². The van der Waals surface area contributed by atoms with E-state index in [-0.39, 0.29) is 6.04 Å². The number of hydrogen-bond acceptors (Lipinski definition) is 2. The first-order valence-electron chi connectivity index (χ1n) is 8.71. The molecule has 2 heteroatoms. The molecule has 0 heterocycles. The molecule has 3 aromatic rings. The van der Waals surface area contributed by atoms with Gasteiger partial charge >= 0.3 is 0 Å². The predicted molar refractivity (Wildman–Crippen MR) is 102 cm³/mol. The third kappa shape index (κ3) is 3.40. The molecule has 3 aromatic carbocycles. The Morgan fingerprint density at radius 3 is 1.40 bits per heavy atom. The lowest BCUT2D eigenvalue weighted by Crippen LogP contribution is -2.50. The van der Waals surface area contributed by atoms with Gasteiger partial charge in [-0.15, -0.1) is 0 Å². The highest BCUT2D eigenvalue weighted by Crippen LogP contribution is 2.37. The fourth-order valence-electron chi connectivity index (χ4n) is 3.32. The molecule has 0 amide bonds. The zero-order valence-corrected chi connectivity index (χ0v) is 14.4. The van der Waals surface area contributed by atoms with Crippen LogP contribution < -0.4 is 5.32 Å². The van der Waals surface area contributed by atoms with Crippen LogP contribution in [0.4, 0.5) is 0 Å². The second kappa shape index (κ2) is 7.91. The molecule has 0 radical (unpaired) electrons. The Bertz CT molecular complexity index is 687. The molecule has 25 heavy (non-hydrogen) atoms. The Balaban J connectivity index is 2.29. The minimum Gasteiger partial charge on any atom is -0.302 e. The maximum atomic E-state index is 11.6. The van der Waals surface area contributed by atoms with E-state index in [4.69, 9.17) is 0 Å². The molecule has 0 fully saturated rings. The second-order valence-electron chi connectivity index (χ2n) is 6.14. The highest BCUT2D eigenvalue weighted by atomic mass is 16.1. The van der Waals surface area contributed by atoms with Crippen LogP contribution in [-0.2, 0) is 10.3 Å². The van der Waals surface area contributed by atoms with E-state index in [1.807, 2.05) is 61.5 Å². The van der Waals surface area contributed by atoms with E-state index in [2.05, 4.69) is 41.7 Å². The largest absolute Gasteiger partial charge is 0.302 e. The Hall–Kier alpha value is -2.71. The third-order valence-electron chi connectivity index (χ3n) is 4.63. The topological polar surface area (TPSA) is 29.1 Å². The summed E-state index contributed by atoms with van der Waals surface area (Å²) in [6.45, 7) is 2.03. The van der Waals surface area contributed by atoms with E-state index < -0.39 is 5.54 Å². The summed E-state index contributed by atoms with van der Waals surface area (Å²) in [7, 11) is 0. The summed E-state index contributed by atoms with van der Waals surface area (Å²) >= 11 is 0. The van der Waals surface area contributed by atoms with Gasteiger partial charge < -0.3 is 4.79 Å². The average molecular weight is 329 g/mol. The van der Waals surface area contributed by atoms with Gasteiger partial charge in [-0.2, -0.15) is 0 Å². The number of aldehydes is 1. The maximum Gasteiger partial charge on any atom is 0.136 e. The van der Waals surface area contributed by atoms with Gasteiger partial charge in [-0.1, -0.05) is 97.9 Å². The molecular formula is C23H23NO. The minimum absolute atomic E-state index is 0.236. The Morgan fingerprint density at radius 2 is 1.12 bits per heavy atom. The van der Waals surface area contributed by atoms with Gasteiger partial charge in [0.2, 0.25) is 0 Å². The van der Waals surface area contributed by atoms with Crippen LogP contribution in [0.1, 0.15) is 30.0 Å². The van der Waals surface area contributed by atoms with Crippen molar-refractivity contribution >= 4 is 6.29 Å². The molecule has 3 rings (SSSR count). The summed E-state index contributed by atoms with van der Waals surface area (Å²) in [5.74, 6) is 0. The molecule has 0 saturated heterocycles. The molecule has 0 saturated carbocycles. The number of benzene rings is 3. The fraction of sp³-hybridized carbons (Fsp3) is 0.174. The summed E-state index contributed by atoms with van der Waals surface area (Å²) in [6.07, 6.45) is 1.74. The van der Waals surface area contributed by atoms with Gasteiger partial charge in [-0.05, 0) is 23.1 Å². The van der Waals surface area contributed by atoms with Crippen molar-refractivity contribution in [2.75, 3.05) is 0 Å². The molecule has 1 N–H and O–H groups in total. The van der Waals surface area contributed by atoms with Crippen molar-refractivity contribution < 1.29 is 4.79 Å². The first-order chi connectivity index (χ1) is 12.3. The van der Waals surface area contributed by atoms with Gasteiger partial charge in [0.1, 0.15) is 6.29 Å². The van der Waals surface area contributed by atoms with Gasteiger partial charge in [0, 0.05) is 0 Å². The normalized spacial score (nSPS) is 12.5. The van der Waals surface area contributed by atoms with E-state index in [1.54, 1.807) is 0 Å². The van der Waals surface area contributed by atoms with Crippen LogP contribution in [0.5, 0.6) is 0 Å². The van der Waals surface area contributed by atoms with Crippen molar-refractivity contribution in [3.63, 3.8) is 0 Å². The number of carbonyl (C=O) groups excluding carboxylic acids is 1.